The van der Waals surface area contributed by atoms with Crippen molar-refractivity contribution in [3.05, 3.63) is 17.7 Å². The van der Waals surface area contributed by atoms with Crippen LogP contribution >= 0.6 is 0 Å². The molecule has 1 aromatic rings. The van der Waals surface area contributed by atoms with Gasteiger partial charge in [-0.2, -0.15) is 5.26 Å². The minimum atomic E-state index is 0.539. The molecule has 1 aliphatic rings. The summed E-state index contributed by atoms with van der Waals surface area (Å²) in [7, 11) is 2.17. The number of piperidine rings is 1. The zero-order chi connectivity index (χ0) is 11.4. The molecule has 1 N–H and O–H groups in total. The maximum Gasteiger partial charge on any atom is 0.107 e. The molecule has 0 radical (unpaired) electrons. The number of rotatable bonds is 3. The number of aromatic nitrogens is 2. The van der Waals surface area contributed by atoms with Crippen molar-refractivity contribution < 1.29 is 0 Å². The summed E-state index contributed by atoms with van der Waals surface area (Å²) in [4.78, 5) is 10.0. The maximum atomic E-state index is 8.52. The molecule has 86 valence electrons. The van der Waals surface area contributed by atoms with E-state index in [0.717, 1.165) is 18.8 Å². The van der Waals surface area contributed by atoms with Gasteiger partial charge in [0.25, 0.3) is 0 Å². The van der Waals surface area contributed by atoms with Crippen LogP contribution in [0.5, 0.6) is 0 Å². The molecule has 0 saturated carbocycles. The second-order valence-electron chi connectivity index (χ2n) is 4.54. The Balaban J connectivity index is 1.98. The number of H-pyrrole nitrogens is 1. The molecule has 1 unspecified atom stereocenters. The average molecular weight is 218 g/mol. The number of likely N-dealkylation sites (N-methyl/N-ethyl adjacent to an activating group) is 1. The summed E-state index contributed by atoms with van der Waals surface area (Å²) in [5.74, 6) is 1.53. The SMILES string of the molecule is CN1CCCC(c2cnc(CCC#N)[nH]2)C1. The van der Waals surface area contributed by atoms with E-state index in [0.29, 0.717) is 12.3 Å². The van der Waals surface area contributed by atoms with Gasteiger partial charge >= 0.3 is 0 Å². The lowest BCUT2D eigenvalue weighted by molar-refractivity contribution is 0.248. The standard InChI is InChI=1S/C12H18N4/c1-16-7-3-4-10(9-16)11-8-14-12(15-11)5-2-6-13/h8,10H,2-5,7,9H2,1H3,(H,14,15). The highest BCUT2D eigenvalue weighted by Crippen LogP contribution is 2.24. The highest BCUT2D eigenvalue weighted by Gasteiger charge is 2.20. The first-order valence-corrected chi connectivity index (χ1v) is 5.89. The van der Waals surface area contributed by atoms with Gasteiger partial charge in [-0.1, -0.05) is 0 Å². The Kier molecular flexibility index (Phi) is 3.58. The van der Waals surface area contributed by atoms with Crippen molar-refractivity contribution in [3.63, 3.8) is 0 Å². The van der Waals surface area contributed by atoms with Gasteiger partial charge in [-0.15, -0.1) is 0 Å². The lowest BCUT2D eigenvalue weighted by Gasteiger charge is -2.28. The van der Waals surface area contributed by atoms with Crippen molar-refractivity contribution >= 4 is 0 Å². The average Bonchev–Trinajstić information content (AvgIpc) is 2.75. The molecule has 2 rings (SSSR count). The molecule has 4 heteroatoms. The second-order valence-corrected chi connectivity index (χ2v) is 4.54. The molecule has 0 spiro atoms. The van der Waals surface area contributed by atoms with E-state index in [1.165, 1.54) is 25.1 Å². The van der Waals surface area contributed by atoms with E-state index < -0.39 is 0 Å². The number of hydrogen-bond acceptors (Lipinski definition) is 3. The Morgan fingerprint density at radius 1 is 1.69 bits per heavy atom. The smallest absolute Gasteiger partial charge is 0.107 e. The highest BCUT2D eigenvalue weighted by molar-refractivity contribution is 5.09. The molecular weight excluding hydrogens is 200 g/mol. The van der Waals surface area contributed by atoms with Crippen LogP contribution in [-0.4, -0.2) is 35.0 Å². The Morgan fingerprint density at radius 3 is 3.31 bits per heavy atom. The molecule has 4 nitrogen and oxygen atoms in total. The summed E-state index contributed by atoms with van der Waals surface area (Å²) in [5, 5.41) is 8.52. The Bertz CT molecular complexity index is 377. The van der Waals surface area contributed by atoms with Crippen LogP contribution in [0.2, 0.25) is 0 Å². The number of nitrogens with zero attached hydrogens (tertiary/aromatic N) is 3. The lowest BCUT2D eigenvalue weighted by Crippen LogP contribution is -2.30. The number of aromatic amines is 1. The van der Waals surface area contributed by atoms with Gasteiger partial charge < -0.3 is 9.88 Å². The molecule has 0 bridgehead atoms. The normalized spacial score (nSPS) is 21.9. The predicted molar refractivity (Wildman–Crippen MR) is 62.0 cm³/mol. The van der Waals surface area contributed by atoms with Gasteiger partial charge in [0.05, 0.1) is 6.07 Å². The molecule has 0 aliphatic carbocycles. The molecular formula is C12H18N4. The summed E-state index contributed by atoms with van der Waals surface area (Å²) in [6.07, 6.45) is 5.71. The third-order valence-corrected chi connectivity index (χ3v) is 3.19. The van der Waals surface area contributed by atoms with Crippen LogP contribution in [0.25, 0.3) is 0 Å². The summed E-state index contributed by atoms with van der Waals surface area (Å²) in [6, 6.07) is 2.14. The van der Waals surface area contributed by atoms with Crippen molar-refractivity contribution in [1.82, 2.24) is 14.9 Å². The van der Waals surface area contributed by atoms with Gasteiger partial charge in [0.1, 0.15) is 5.82 Å². The van der Waals surface area contributed by atoms with Crippen molar-refractivity contribution in [2.75, 3.05) is 20.1 Å². The summed E-state index contributed by atoms with van der Waals surface area (Å²) < 4.78 is 0. The first kappa shape index (κ1) is 11.2. The van der Waals surface area contributed by atoms with Crippen LogP contribution in [0, 0.1) is 11.3 Å². The summed E-state index contributed by atoms with van der Waals surface area (Å²) >= 11 is 0. The van der Waals surface area contributed by atoms with Crippen molar-refractivity contribution in [2.45, 2.75) is 31.6 Å². The molecule has 1 aromatic heterocycles. The third kappa shape index (κ3) is 2.61. The summed E-state index contributed by atoms with van der Waals surface area (Å²) in [5.41, 5.74) is 1.24. The van der Waals surface area contributed by atoms with Gasteiger partial charge in [0.15, 0.2) is 0 Å². The van der Waals surface area contributed by atoms with Gasteiger partial charge in [0, 0.05) is 37.2 Å². The van der Waals surface area contributed by atoms with E-state index in [2.05, 4.69) is 28.0 Å². The number of imidazole rings is 1. The maximum absolute atomic E-state index is 8.52. The first-order valence-electron chi connectivity index (χ1n) is 5.89. The molecule has 0 aromatic carbocycles. The highest BCUT2D eigenvalue weighted by atomic mass is 15.1. The van der Waals surface area contributed by atoms with Gasteiger partial charge in [0.2, 0.25) is 0 Å². The van der Waals surface area contributed by atoms with Crippen molar-refractivity contribution in [2.24, 2.45) is 0 Å². The van der Waals surface area contributed by atoms with Crippen LogP contribution in [-0.2, 0) is 6.42 Å². The number of likely N-dealkylation sites (tertiary alicyclic amines) is 1. The number of nitriles is 1. The number of aryl methyl sites for hydroxylation is 1. The molecule has 16 heavy (non-hydrogen) atoms. The third-order valence-electron chi connectivity index (χ3n) is 3.19. The molecule has 1 saturated heterocycles. The number of hydrogen-bond donors (Lipinski definition) is 1. The Morgan fingerprint density at radius 2 is 2.56 bits per heavy atom. The quantitative estimate of drug-likeness (QED) is 0.839. The van der Waals surface area contributed by atoms with E-state index in [9.17, 15) is 0 Å². The van der Waals surface area contributed by atoms with E-state index >= 15 is 0 Å². The van der Waals surface area contributed by atoms with E-state index in [4.69, 9.17) is 5.26 Å². The Labute approximate surface area is 96.3 Å². The predicted octanol–water partition coefficient (Wildman–Crippen LogP) is 1.68. The first-order chi connectivity index (χ1) is 7.79. The largest absolute Gasteiger partial charge is 0.346 e. The van der Waals surface area contributed by atoms with Crippen LogP contribution < -0.4 is 0 Å². The minimum Gasteiger partial charge on any atom is -0.346 e. The molecule has 1 aliphatic heterocycles. The molecule has 1 fully saturated rings. The lowest BCUT2D eigenvalue weighted by atomic mass is 9.96. The van der Waals surface area contributed by atoms with Crippen molar-refractivity contribution in [1.29, 1.82) is 5.26 Å². The fourth-order valence-corrected chi connectivity index (χ4v) is 2.31. The van der Waals surface area contributed by atoms with E-state index in [1.807, 2.05) is 6.20 Å². The van der Waals surface area contributed by atoms with Crippen LogP contribution in [0.1, 0.15) is 36.7 Å². The van der Waals surface area contributed by atoms with E-state index in [1.54, 1.807) is 0 Å². The van der Waals surface area contributed by atoms with E-state index in [-0.39, 0.29) is 0 Å². The Hall–Kier alpha value is -1.34. The van der Waals surface area contributed by atoms with Crippen molar-refractivity contribution in [3.8, 4) is 6.07 Å². The van der Waals surface area contributed by atoms with Crippen LogP contribution in [0.15, 0.2) is 6.20 Å². The zero-order valence-electron chi connectivity index (χ0n) is 9.74. The second kappa shape index (κ2) is 5.13. The van der Waals surface area contributed by atoms with Crippen LogP contribution in [0.4, 0.5) is 0 Å². The van der Waals surface area contributed by atoms with Crippen LogP contribution in [0.3, 0.4) is 0 Å². The minimum absolute atomic E-state index is 0.539. The number of nitrogens with one attached hydrogen (secondary N) is 1. The zero-order valence-corrected chi connectivity index (χ0v) is 9.74. The van der Waals surface area contributed by atoms with Gasteiger partial charge in [-0.25, -0.2) is 4.98 Å². The fourth-order valence-electron chi connectivity index (χ4n) is 2.31. The topological polar surface area (TPSA) is 55.7 Å². The molecule has 2 heterocycles. The molecule has 0 amide bonds. The summed E-state index contributed by atoms with van der Waals surface area (Å²) in [6.45, 7) is 2.31. The monoisotopic (exact) mass is 218 g/mol. The van der Waals surface area contributed by atoms with Gasteiger partial charge in [-0.3, -0.25) is 0 Å². The molecule has 1 atom stereocenters. The fraction of sp³-hybridized carbons (Fsp3) is 0.667. The van der Waals surface area contributed by atoms with Gasteiger partial charge in [-0.05, 0) is 26.4 Å².